The molecule has 0 aliphatic heterocycles. The van der Waals surface area contributed by atoms with Gasteiger partial charge >= 0.3 is 0 Å². The second kappa shape index (κ2) is 6.10. The lowest BCUT2D eigenvalue weighted by molar-refractivity contribution is 0.0992. The van der Waals surface area contributed by atoms with Crippen molar-refractivity contribution in [3.8, 4) is 12.3 Å². The SMILES string of the molecule is C#CCn1c(=NC(=O)c2nn(C)cc2C)sc2c(C)cc(C)cc21. The van der Waals surface area contributed by atoms with Crippen LogP contribution in [0.15, 0.2) is 23.3 Å². The molecule has 6 heteroatoms. The number of amides is 1. The predicted octanol–water partition coefficient (Wildman–Crippen LogP) is 2.74. The van der Waals surface area contributed by atoms with Gasteiger partial charge in [-0.05, 0) is 38.0 Å². The molecule has 0 aliphatic rings. The van der Waals surface area contributed by atoms with Gasteiger partial charge in [0.25, 0.3) is 5.91 Å². The van der Waals surface area contributed by atoms with Crippen LogP contribution in [0.2, 0.25) is 0 Å². The van der Waals surface area contributed by atoms with Crippen LogP contribution in [0.25, 0.3) is 10.2 Å². The molecule has 0 bridgehead atoms. The molecule has 1 amide bonds. The van der Waals surface area contributed by atoms with Crippen molar-refractivity contribution in [1.29, 1.82) is 0 Å². The molecule has 2 aromatic heterocycles. The number of carbonyl (C=O) groups is 1. The molecule has 3 aromatic rings. The molecule has 122 valence electrons. The van der Waals surface area contributed by atoms with Crippen molar-refractivity contribution in [3.63, 3.8) is 0 Å². The van der Waals surface area contributed by atoms with Crippen LogP contribution in [0, 0.1) is 33.1 Å². The summed E-state index contributed by atoms with van der Waals surface area (Å²) in [4.78, 5) is 17.4. The van der Waals surface area contributed by atoms with Crippen LogP contribution in [0.3, 0.4) is 0 Å². The van der Waals surface area contributed by atoms with Crippen LogP contribution >= 0.6 is 11.3 Å². The van der Waals surface area contributed by atoms with E-state index in [2.05, 4.69) is 35.1 Å². The van der Waals surface area contributed by atoms with Crippen LogP contribution in [0.4, 0.5) is 0 Å². The number of fused-ring (bicyclic) bond motifs is 1. The Morgan fingerprint density at radius 2 is 2.08 bits per heavy atom. The molecule has 0 saturated heterocycles. The molecule has 0 spiro atoms. The molecule has 0 atom stereocenters. The van der Waals surface area contributed by atoms with E-state index in [9.17, 15) is 4.79 Å². The number of nitrogens with zero attached hydrogens (tertiary/aromatic N) is 4. The van der Waals surface area contributed by atoms with Gasteiger partial charge in [0.15, 0.2) is 10.5 Å². The van der Waals surface area contributed by atoms with Gasteiger partial charge in [0.1, 0.15) is 0 Å². The predicted molar refractivity (Wildman–Crippen MR) is 96.0 cm³/mol. The van der Waals surface area contributed by atoms with Crippen molar-refractivity contribution < 1.29 is 4.79 Å². The number of carbonyl (C=O) groups excluding carboxylic acids is 1. The Morgan fingerprint density at radius 3 is 2.71 bits per heavy atom. The maximum Gasteiger partial charge on any atom is 0.300 e. The van der Waals surface area contributed by atoms with Crippen molar-refractivity contribution >= 4 is 27.5 Å². The molecule has 5 nitrogen and oxygen atoms in total. The van der Waals surface area contributed by atoms with Crippen molar-refractivity contribution in [1.82, 2.24) is 14.3 Å². The minimum Gasteiger partial charge on any atom is -0.305 e. The van der Waals surface area contributed by atoms with E-state index in [4.69, 9.17) is 6.42 Å². The standard InChI is InChI=1S/C18H18N4OS/c1-6-7-22-14-9-11(2)8-12(3)16(14)24-18(22)19-17(23)15-13(4)10-21(5)20-15/h1,8-10H,7H2,2-5H3. The Kier molecular flexibility index (Phi) is 4.12. The van der Waals surface area contributed by atoms with Gasteiger partial charge in [-0.25, -0.2) is 0 Å². The summed E-state index contributed by atoms with van der Waals surface area (Å²) in [5, 5.41) is 4.20. The molecule has 0 unspecified atom stereocenters. The summed E-state index contributed by atoms with van der Waals surface area (Å²) < 4.78 is 4.63. The molecule has 2 heterocycles. The van der Waals surface area contributed by atoms with Crippen molar-refractivity contribution in [2.75, 3.05) is 0 Å². The van der Waals surface area contributed by atoms with Crippen LogP contribution < -0.4 is 4.80 Å². The van der Waals surface area contributed by atoms with E-state index >= 15 is 0 Å². The molecular formula is C18H18N4OS. The molecule has 0 aliphatic carbocycles. The topological polar surface area (TPSA) is 52.2 Å². The highest BCUT2D eigenvalue weighted by Gasteiger charge is 2.14. The first-order chi connectivity index (χ1) is 11.4. The zero-order valence-corrected chi connectivity index (χ0v) is 14.9. The molecule has 24 heavy (non-hydrogen) atoms. The third-order valence-corrected chi connectivity index (χ3v) is 5.00. The van der Waals surface area contributed by atoms with E-state index in [0.29, 0.717) is 17.0 Å². The number of benzene rings is 1. The van der Waals surface area contributed by atoms with Gasteiger partial charge in [0.2, 0.25) is 0 Å². The normalized spacial score (nSPS) is 11.9. The number of rotatable bonds is 2. The average Bonchev–Trinajstić information content (AvgIpc) is 3.01. The summed E-state index contributed by atoms with van der Waals surface area (Å²) in [6.07, 6.45) is 7.32. The highest BCUT2D eigenvalue weighted by Crippen LogP contribution is 2.23. The first-order valence-corrected chi connectivity index (χ1v) is 8.35. The van der Waals surface area contributed by atoms with Gasteiger partial charge < -0.3 is 4.57 Å². The largest absolute Gasteiger partial charge is 0.305 e. The number of terminal acetylenes is 1. The van der Waals surface area contributed by atoms with Crippen LogP contribution in [0.5, 0.6) is 0 Å². The Labute approximate surface area is 144 Å². The summed E-state index contributed by atoms with van der Waals surface area (Å²) >= 11 is 1.48. The average molecular weight is 338 g/mol. The van der Waals surface area contributed by atoms with E-state index in [-0.39, 0.29) is 5.91 Å². The van der Waals surface area contributed by atoms with Gasteiger partial charge in [0, 0.05) is 18.8 Å². The van der Waals surface area contributed by atoms with E-state index in [1.165, 1.54) is 11.3 Å². The van der Waals surface area contributed by atoms with Gasteiger partial charge in [-0.3, -0.25) is 9.48 Å². The lowest BCUT2D eigenvalue weighted by Gasteiger charge is -2.02. The lowest BCUT2D eigenvalue weighted by atomic mass is 10.1. The summed E-state index contributed by atoms with van der Waals surface area (Å²) in [6, 6.07) is 4.19. The maximum absolute atomic E-state index is 12.5. The highest BCUT2D eigenvalue weighted by molar-refractivity contribution is 7.16. The van der Waals surface area contributed by atoms with E-state index in [1.807, 2.05) is 18.4 Å². The van der Waals surface area contributed by atoms with E-state index in [0.717, 1.165) is 26.9 Å². The van der Waals surface area contributed by atoms with Crippen molar-refractivity contribution in [2.45, 2.75) is 27.3 Å². The van der Waals surface area contributed by atoms with Gasteiger partial charge in [-0.2, -0.15) is 10.1 Å². The zero-order chi connectivity index (χ0) is 17.4. The Morgan fingerprint density at radius 1 is 1.33 bits per heavy atom. The number of thiazole rings is 1. The monoisotopic (exact) mass is 338 g/mol. The fraction of sp³-hybridized carbons (Fsp3) is 0.278. The lowest BCUT2D eigenvalue weighted by Crippen LogP contribution is -2.17. The molecular weight excluding hydrogens is 320 g/mol. The van der Waals surface area contributed by atoms with Crippen molar-refractivity contribution in [2.24, 2.45) is 12.0 Å². The van der Waals surface area contributed by atoms with Crippen molar-refractivity contribution in [3.05, 3.63) is 45.5 Å². The van der Waals surface area contributed by atoms with Crippen LogP contribution in [-0.4, -0.2) is 20.3 Å². The number of aryl methyl sites for hydroxylation is 4. The summed E-state index contributed by atoms with van der Waals surface area (Å²) in [6.45, 7) is 6.32. The molecule has 0 fully saturated rings. The summed E-state index contributed by atoms with van der Waals surface area (Å²) in [5.41, 5.74) is 4.50. The second-order valence-corrected chi connectivity index (χ2v) is 6.83. The molecule has 0 N–H and O–H groups in total. The quantitative estimate of drug-likeness (QED) is 0.675. The van der Waals surface area contributed by atoms with E-state index < -0.39 is 0 Å². The number of hydrogen-bond acceptors (Lipinski definition) is 3. The Hall–Kier alpha value is -2.65. The fourth-order valence-electron chi connectivity index (χ4n) is 2.80. The maximum atomic E-state index is 12.5. The summed E-state index contributed by atoms with van der Waals surface area (Å²) in [7, 11) is 1.79. The second-order valence-electron chi connectivity index (χ2n) is 5.86. The van der Waals surface area contributed by atoms with Crippen LogP contribution in [0.1, 0.15) is 27.2 Å². The first kappa shape index (κ1) is 16.2. The molecule has 3 rings (SSSR count). The Bertz CT molecular complexity index is 1060. The minimum absolute atomic E-state index is 0.347. The molecule has 0 saturated carbocycles. The van der Waals surface area contributed by atoms with Gasteiger partial charge in [-0.15, -0.1) is 6.42 Å². The Balaban J connectivity index is 2.23. The smallest absolute Gasteiger partial charge is 0.300 e. The third kappa shape index (κ3) is 2.79. The van der Waals surface area contributed by atoms with Gasteiger partial charge in [-0.1, -0.05) is 23.3 Å². The number of aromatic nitrogens is 3. The summed E-state index contributed by atoms with van der Waals surface area (Å²) in [5.74, 6) is 2.30. The number of hydrogen-bond donors (Lipinski definition) is 0. The van der Waals surface area contributed by atoms with Crippen LogP contribution in [-0.2, 0) is 13.6 Å². The fourth-order valence-corrected chi connectivity index (χ4v) is 3.88. The first-order valence-electron chi connectivity index (χ1n) is 7.54. The molecule has 0 radical (unpaired) electrons. The highest BCUT2D eigenvalue weighted by atomic mass is 32.1. The minimum atomic E-state index is -0.347. The van der Waals surface area contributed by atoms with E-state index in [1.54, 1.807) is 17.9 Å². The zero-order valence-electron chi connectivity index (χ0n) is 14.1. The van der Waals surface area contributed by atoms with Gasteiger partial charge in [0.05, 0.1) is 16.8 Å². The molecule has 1 aromatic carbocycles. The third-order valence-electron chi connectivity index (χ3n) is 3.78.